The SMILES string of the molecule is CCN(CC)C(C)CNC(=NC)NCCc1cccc(F)c1.I. The second-order valence-electron chi connectivity index (χ2n) is 5.33. The largest absolute Gasteiger partial charge is 0.356 e. The van der Waals surface area contributed by atoms with Gasteiger partial charge in [0.15, 0.2) is 5.96 Å². The lowest BCUT2D eigenvalue weighted by Gasteiger charge is -2.27. The molecule has 4 nitrogen and oxygen atoms in total. The van der Waals surface area contributed by atoms with Crippen LogP contribution in [0.3, 0.4) is 0 Å². The molecular weight excluding hydrogens is 406 g/mol. The van der Waals surface area contributed by atoms with Crippen molar-refractivity contribution < 1.29 is 4.39 Å². The second kappa shape index (κ2) is 12.5. The maximum Gasteiger partial charge on any atom is 0.191 e. The van der Waals surface area contributed by atoms with Gasteiger partial charge in [-0.3, -0.25) is 9.89 Å². The van der Waals surface area contributed by atoms with Crippen LogP contribution in [0.25, 0.3) is 0 Å². The molecule has 1 rings (SSSR count). The normalized spacial score (nSPS) is 12.7. The van der Waals surface area contributed by atoms with Crippen LogP contribution < -0.4 is 10.6 Å². The lowest BCUT2D eigenvalue weighted by molar-refractivity contribution is 0.231. The van der Waals surface area contributed by atoms with Crippen LogP contribution in [0.2, 0.25) is 0 Å². The van der Waals surface area contributed by atoms with Gasteiger partial charge in [-0.05, 0) is 44.1 Å². The van der Waals surface area contributed by atoms with Crippen LogP contribution >= 0.6 is 24.0 Å². The Kier molecular flexibility index (Phi) is 12.0. The first kappa shape index (κ1) is 22.1. The number of guanidine groups is 1. The number of halogens is 2. The van der Waals surface area contributed by atoms with Crippen molar-refractivity contribution in [2.75, 3.05) is 33.2 Å². The van der Waals surface area contributed by atoms with Crippen LogP contribution in [0.5, 0.6) is 0 Å². The number of benzene rings is 1. The molecule has 0 amide bonds. The Morgan fingerprint density at radius 1 is 1.26 bits per heavy atom. The third-order valence-electron chi connectivity index (χ3n) is 3.82. The molecule has 1 unspecified atom stereocenters. The summed E-state index contributed by atoms with van der Waals surface area (Å²) >= 11 is 0. The second-order valence-corrected chi connectivity index (χ2v) is 5.33. The first-order chi connectivity index (χ1) is 10.6. The first-order valence-electron chi connectivity index (χ1n) is 8.03. The lowest BCUT2D eigenvalue weighted by Crippen LogP contribution is -2.46. The molecule has 0 aliphatic rings. The van der Waals surface area contributed by atoms with E-state index in [4.69, 9.17) is 0 Å². The molecule has 1 atom stereocenters. The van der Waals surface area contributed by atoms with Gasteiger partial charge in [-0.1, -0.05) is 26.0 Å². The molecule has 0 aliphatic carbocycles. The Hall–Kier alpha value is -0.890. The van der Waals surface area contributed by atoms with Crippen LogP contribution in [0.4, 0.5) is 4.39 Å². The molecule has 6 heteroatoms. The summed E-state index contributed by atoms with van der Waals surface area (Å²) in [5.74, 6) is 0.600. The maximum atomic E-state index is 13.1. The molecule has 0 radical (unpaired) electrons. The quantitative estimate of drug-likeness (QED) is 0.374. The summed E-state index contributed by atoms with van der Waals surface area (Å²) in [6.45, 7) is 10.2. The van der Waals surface area contributed by atoms with Gasteiger partial charge >= 0.3 is 0 Å². The van der Waals surface area contributed by atoms with E-state index in [2.05, 4.69) is 41.3 Å². The zero-order valence-corrected chi connectivity index (χ0v) is 16.9. The van der Waals surface area contributed by atoms with Crippen LogP contribution in [-0.4, -0.2) is 50.1 Å². The van der Waals surface area contributed by atoms with E-state index in [0.717, 1.165) is 44.1 Å². The maximum absolute atomic E-state index is 13.1. The van der Waals surface area contributed by atoms with Crippen molar-refractivity contribution in [1.29, 1.82) is 0 Å². The zero-order chi connectivity index (χ0) is 16.4. The molecule has 1 aromatic rings. The van der Waals surface area contributed by atoms with Gasteiger partial charge in [0, 0.05) is 26.2 Å². The third-order valence-corrected chi connectivity index (χ3v) is 3.82. The number of likely N-dealkylation sites (N-methyl/N-ethyl adjacent to an activating group) is 1. The fourth-order valence-electron chi connectivity index (χ4n) is 2.46. The van der Waals surface area contributed by atoms with E-state index in [0.29, 0.717) is 6.04 Å². The molecule has 2 N–H and O–H groups in total. The molecule has 132 valence electrons. The molecule has 0 fully saturated rings. The first-order valence-corrected chi connectivity index (χ1v) is 8.03. The monoisotopic (exact) mass is 436 g/mol. The fraction of sp³-hybridized carbons (Fsp3) is 0.588. The van der Waals surface area contributed by atoms with Crippen LogP contribution in [0.1, 0.15) is 26.3 Å². The van der Waals surface area contributed by atoms with Gasteiger partial charge in [0.25, 0.3) is 0 Å². The Balaban J connectivity index is 0.00000484. The third kappa shape index (κ3) is 8.50. The molecule has 0 aliphatic heterocycles. The number of hydrogen-bond acceptors (Lipinski definition) is 2. The van der Waals surface area contributed by atoms with Crippen molar-refractivity contribution in [2.24, 2.45) is 4.99 Å². The smallest absolute Gasteiger partial charge is 0.191 e. The molecule has 0 spiro atoms. The van der Waals surface area contributed by atoms with E-state index in [1.165, 1.54) is 6.07 Å². The van der Waals surface area contributed by atoms with E-state index in [9.17, 15) is 4.39 Å². The van der Waals surface area contributed by atoms with Crippen molar-refractivity contribution in [3.05, 3.63) is 35.6 Å². The van der Waals surface area contributed by atoms with E-state index < -0.39 is 0 Å². The minimum atomic E-state index is -0.187. The summed E-state index contributed by atoms with van der Waals surface area (Å²) in [6, 6.07) is 7.16. The van der Waals surface area contributed by atoms with Gasteiger partial charge in [-0.2, -0.15) is 0 Å². The van der Waals surface area contributed by atoms with E-state index in [1.54, 1.807) is 19.2 Å². The van der Waals surface area contributed by atoms with E-state index in [1.807, 2.05) is 6.07 Å². The Morgan fingerprint density at radius 3 is 2.52 bits per heavy atom. The van der Waals surface area contributed by atoms with Crippen molar-refractivity contribution in [2.45, 2.75) is 33.2 Å². The average molecular weight is 436 g/mol. The van der Waals surface area contributed by atoms with Gasteiger partial charge in [-0.25, -0.2) is 4.39 Å². The topological polar surface area (TPSA) is 39.7 Å². The summed E-state index contributed by atoms with van der Waals surface area (Å²) in [6.07, 6.45) is 0.768. The highest BCUT2D eigenvalue weighted by atomic mass is 127. The predicted molar refractivity (Wildman–Crippen MR) is 107 cm³/mol. The number of nitrogens with one attached hydrogen (secondary N) is 2. The van der Waals surface area contributed by atoms with Crippen LogP contribution in [0, 0.1) is 5.82 Å². The molecule has 0 bridgehead atoms. The van der Waals surface area contributed by atoms with Crippen molar-refractivity contribution in [3.63, 3.8) is 0 Å². The number of nitrogens with zero attached hydrogens (tertiary/aromatic N) is 2. The van der Waals surface area contributed by atoms with Gasteiger partial charge in [0.05, 0.1) is 0 Å². The average Bonchev–Trinajstić information content (AvgIpc) is 2.52. The predicted octanol–water partition coefficient (Wildman–Crippen LogP) is 2.88. The van der Waals surface area contributed by atoms with Gasteiger partial charge in [0.1, 0.15) is 5.82 Å². The highest BCUT2D eigenvalue weighted by Gasteiger charge is 2.10. The van der Waals surface area contributed by atoms with Gasteiger partial charge in [-0.15, -0.1) is 24.0 Å². The number of hydrogen-bond donors (Lipinski definition) is 2. The molecule has 0 heterocycles. The van der Waals surface area contributed by atoms with Crippen LogP contribution in [0.15, 0.2) is 29.3 Å². The zero-order valence-electron chi connectivity index (χ0n) is 14.6. The summed E-state index contributed by atoms with van der Waals surface area (Å²) < 4.78 is 13.1. The number of rotatable bonds is 8. The minimum absolute atomic E-state index is 0. The number of aliphatic imine (C=N–C) groups is 1. The molecular formula is C17H30FIN4. The lowest BCUT2D eigenvalue weighted by atomic mass is 10.1. The van der Waals surface area contributed by atoms with Gasteiger partial charge in [0.2, 0.25) is 0 Å². The summed E-state index contributed by atoms with van der Waals surface area (Å²) in [7, 11) is 1.76. The summed E-state index contributed by atoms with van der Waals surface area (Å²) in [5, 5.41) is 6.60. The Morgan fingerprint density at radius 2 is 1.96 bits per heavy atom. The molecule has 0 saturated carbocycles. The minimum Gasteiger partial charge on any atom is -0.356 e. The van der Waals surface area contributed by atoms with E-state index >= 15 is 0 Å². The highest BCUT2D eigenvalue weighted by Crippen LogP contribution is 2.03. The van der Waals surface area contributed by atoms with Crippen molar-refractivity contribution in [1.82, 2.24) is 15.5 Å². The van der Waals surface area contributed by atoms with Crippen molar-refractivity contribution >= 4 is 29.9 Å². The van der Waals surface area contributed by atoms with Crippen molar-refractivity contribution in [3.8, 4) is 0 Å². The fourth-order valence-corrected chi connectivity index (χ4v) is 2.46. The standard InChI is InChI=1S/C17H29FN4.HI/c1-5-22(6-2)14(3)13-21-17(19-4)20-11-10-15-8-7-9-16(18)12-15;/h7-9,12,14H,5-6,10-11,13H2,1-4H3,(H2,19,20,21);1H. The van der Waals surface area contributed by atoms with E-state index in [-0.39, 0.29) is 29.8 Å². The Labute approximate surface area is 157 Å². The Bertz CT molecular complexity index is 464. The molecule has 0 aromatic heterocycles. The van der Waals surface area contributed by atoms with Gasteiger partial charge < -0.3 is 10.6 Å². The summed E-state index contributed by atoms with van der Waals surface area (Å²) in [5.41, 5.74) is 0.986. The highest BCUT2D eigenvalue weighted by molar-refractivity contribution is 14.0. The molecule has 0 saturated heterocycles. The summed E-state index contributed by atoms with van der Waals surface area (Å²) in [4.78, 5) is 6.62. The van der Waals surface area contributed by atoms with Crippen LogP contribution in [-0.2, 0) is 6.42 Å². The molecule has 23 heavy (non-hydrogen) atoms. The molecule has 1 aromatic carbocycles.